The zero-order chi connectivity index (χ0) is 22.5. The van der Waals surface area contributed by atoms with Gasteiger partial charge in [-0.15, -0.1) is 0 Å². The highest BCUT2D eigenvalue weighted by Crippen LogP contribution is 2.28. The number of halogens is 1. The van der Waals surface area contributed by atoms with Crippen LogP contribution in [-0.2, 0) is 14.9 Å². The molecule has 1 heterocycles. The molecule has 0 atom stereocenters. The van der Waals surface area contributed by atoms with Crippen molar-refractivity contribution in [2.24, 2.45) is 5.73 Å². The van der Waals surface area contributed by atoms with Gasteiger partial charge < -0.3 is 20.8 Å². The van der Waals surface area contributed by atoms with E-state index in [1.165, 1.54) is 12.1 Å². The standard InChI is InChI=1S/C12H13ClN4O2.C7H8O3S/c1-2-19-11(18)9-4-6-3-7(16-12(14)15)5-8(13)10(6)17-9;1-6-2-4-7(5-3-6)11(8,9)10/h3-5,17H,2H2,1H3,(H4,14,15,16);2-5H,1H3,(H,8,9,10). The molecule has 0 unspecified atom stereocenters. The third kappa shape index (κ3) is 6.21. The molecule has 160 valence electrons. The van der Waals surface area contributed by atoms with Gasteiger partial charge in [-0.25, -0.2) is 4.79 Å². The minimum absolute atomic E-state index is 0.0666. The quantitative estimate of drug-likeness (QED) is 0.175. The third-order valence-corrected chi connectivity index (χ3v) is 4.94. The van der Waals surface area contributed by atoms with Crippen LogP contribution in [0.5, 0.6) is 0 Å². The number of benzene rings is 2. The zero-order valence-electron chi connectivity index (χ0n) is 16.2. The van der Waals surface area contributed by atoms with Crippen LogP contribution in [0.15, 0.2) is 47.4 Å². The molecule has 9 nitrogen and oxygen atoms in total. The van der Waals surface area contributed by atoms with Crippen LogP contribution >= 0.6 is 11.6 Å². The number of guanidine groups is 1. The lowest BCUT2D eigenvalue weighted by Gasteiger charge is -2.04. The maximum Gasteiger partial charge on any atom is 0.354 e. The van der Waals surface area contributed by atoms with Gasteiger partial charge in [0.05, 0.1) is 22.0 Å². The fraction of sp³-hybridized carbons (Fsp3) is 0.158. The second kappa shape index (κ2) is 9.61. The summed E-state index contributed by atoms with van der Waals surface area (Å²) in [7, 11) is -4.02. The number of carbonyl (C=O) groups excluding carboxylic acids is 1. The summed E-state index contributed by atoms with van der Waals surface area (Å²) in [6, 6.07) is 11.0. The van der Waals surface area contributed by atoms with Crippen molar-refractivity contribution in [2.45, 2.75) is 18.7 Å². The van der Waals surface area contributed by atoms with E-state index < -0.39 is 16.1 Å². The lowest BCUT2D eigenvalue weighted by atomic mass is 10.2. The summed E-state index contributed by atoms with van der Waals surface area (Å²) in [6.07, 6.45) is 0. The van der Waals surface area contributed by atoms with E-state index in [0.29, 0.717) is 28.5 Å². The summed E-state index contributed by atoms with van der Waals surface area (Å²) in [5.74, 6) is -0.618. The molecule has 0 aliphatic carbocycles. The van der Waals surface area contributed by atoms with Crippen LogP contribution in [0.2, 0.25) is 5.02 Å². The molecule has 0 aliphatic rings. The molecule has 0 radical (unpaired) electrons. The number of aromatic amines is 1. The van der Waals surface area contributed by atoms with Gasteiger partial charge in [-0.1, -0.05) is 29.3 Å². The second-order valence-electron chi connectivity index (χ2n) is 6.15. The van der Waals surface area contributed by atoms with Crippen molar-refractivity contribution in [3.05, 3.63) is 58.7 Å². The summed E-state index contributed by atoms with van der Waals surface area (Å²) in [5.41, 5.74) is 7.77. The molecule has 0 amide bonds. The molecule has 3 aromatic rings. The largest absolute Gasteiger partial charge is 0.461 e. The average Bonchev–Trinajstić information content (AvgIpc) is 3.06. The van der Waals surface area contributed by atoms with Gasteiger partial charge in [0.2, 0.25) is 0 Å². The normalized spacial score (nSPS) is 10.8. The van der Waals surface area contributed by atoms with E-state index in [0.717, 1.165) is 10.9 Å². The van der Waals surface area contributed by atoms with Gasteiger partial charge in [0, 0.05) is 11.1 Å². The summed E-state index contributed by atoms with van der Waals surface area (Å²) >= 11 is 6.11. The minimum atomic E-state index is -4.02. The van der Waals surface area contributed by atoms with E-state index in [4.69, 9.17) is 32.0 Å². The Kier molecular flexibility index (Phi) is 7.43. The molecule has 3 rings (SSSR count). The van der Waals surface area contributed by atoms with Gasteiger partial charge in [0.15, 0.2) is 5.96 Å². The van der Waals surface area contributed by atoms with Gasteiger partial charge >= 0.3 is 5.97 Å². The number of rotatable bonds is 4. The molecule has 0 fully saturated rings. The summed E-state index contributed by atoms with van der Waals surface area (Å²) in [5, 5.41) is 11.0. The molecule has 0 saturated carbocycles. The van der Waals surface area contributed by atoms with Gasteiger partial charge in [0.1, 0.15) is 5.69 Å². The van der Waals surface area contributed by atoms with Crippen molar-refractivity contribution < 1.29 is 22.5 Å². The molecule has 2 aromatic carbocycles. The molecule has 0 saturated heterocycles. The first kappa shape index (κ1) is 23.2. The molecule has 0 spiro atoms. The lowest BCUT2D eigenvalue weighted by Crippen LogP contribution is -2.20. The first-order chi connectivity index (χ1) is 14.0. The average molecular weight is 453 g/mol. The summed E-state index contributed by atoms with van der Waals surface area (Å²) in [4.78, 5) is 14.5. The topological polar surface area (TPSA) is 158 Å². The highest BCUT2D eigenvalue weighted by Gasteiger charge is 2.13. The Labute approximate surface area is 178 Å². The van der Waals surface area contributed by atoms with Crippen LogP contribution in [0, 0.1) is 12.3 Å². The van der Waals surface area contributed by atoms with Gasteiger partial charge in [-0.3, -0.25) is 9.96 Å². The predicted molar refractivity (Wildman–Crippen MR) is 116 cm³/mol. The molecule has 1 aromatic heterocycles. The summed E-state index contributed by atoms with van der Waals surface area (Å²) < 4.78 is 34.5. The van der Waals surface area contributed by atoms with E-state index in [1.807, 2.05) is 6.92 Å². The monoisotopic (exact) mass is 452 g/mol. The number of H-pyrrole nitrogens is 1. The molecule has 0 aliphatic heterocycles. The summed E-state index contributed by atoms with van der Waals surface area (Å²) in [6.45, 7) is 3.88. The van der Waals surface area contributed by atoms with Crippen LogP contribution in [-0.4, -0.2) is 36.5 Å². The number of aromatic nitrogens is 1. The first-order valence-electron chi connectivity index (χ1n) is 8.66. The number of hydrogen-bond acceptors (Lipinski definition) is 5. The number of aryl methyl sites for hydroxylation is 1. The Morgan fingerprint density at radius 2 is 1.90 bits per heavy atom. The van der Waals surface area contributed by atoms with Gasteiger partial charge in [-0.05, 0) is 44.2 Å². The fourth-order valence-corrected chi connectivity index (χ4v) is 3.21. The molecular formula is C19H21ClN4O5S. The minimum Gasteiger partial charge on any atom is -0.461 e. The molecule has 11 heteroatoms. The second-order valence-corrected chi connectivity index (χ2v) is 7.98. The Bertz CT molecular complexity index is 1170. The Balaban J connectivity index is 0.000000248. The van der Waals surface area contributed by atoms with E-state index in [1.54, 1.807) is 37.3 Å². The maximum atomic E-state index is 11.6. The molecular weight excluding hydrogens is 432 g/mol. The third-order valence-electron chi connectivity index (χ3n) is 3.77. The maximum absolute atomic E-state index is 11.6. The van der Waals surface area contributed by atoms with Crippen LogP contribution < -0.4 is 11.1 Å². The number of esters is 1. The zero-order valence-corrected chi connectivity index (χ0v) is 17.8. The number of nitrogens with one attached hydrogen (secondary N) is 3. The fourth-order valence-electron chi connectivity index (χ4n) is 2.46. The Hall–Kier alpha value is -3.08. The van der Waals surface area contributed by atoms with Crippen molar-refractivity contribution >= 4 is 50.2 Å². The highest BCUT2D eigenvalue weighted by molar-refractivity contribution is 7.85. The molecule has 0 bridgehead atoms. The van der Waals surface area contributed by atoms with Crippen molar-refractivity contribution in [1.82, 2.24) is 4.98 Å². The van der Waals surface area contributed by atoms with Crippen molar-refractivity contribution in [2.75, 3.05) is 11.9 Å². The van der Waals surface area contributed by atoms with E-state index in [-0.39, 0.29) is 10.9 Å². The first-order valence-corrected chi connectivity index (χ1v) is 10.5. The van der Waals surface area contributed by atoms with Crippen molar-refractivity contribution in [3.63, 3.8) is 0 Å². The van der Waals surface area contributed by atoms with Gasteiger partial charge in [-0.2, -0.15) is 8.42 Å². The van der Waals surface area contributed by atoms with Crippen LogP contribution in [0.3, 0.4) is 0 Å². The van der Waals surface area contributed by atoms with Crippen molar-refractivity contribution in [1.29, 1.82) is 5.41 Å². The molecule has 30 heavy (non-hydrogen) atoms. The van der Waals surface area contributed by atoms with E-state index in [2.05, 4.69) is 10.3 Å². The van der Waals surface area contributed by atoms with Crippen LogP contribution in [0.1, 0.15) is 23.0 Å². The van der Waals surface area contributed by atoms with E-state index in [9.17, 15) is 13.2 Å². The number of anilines is 1. The molecule has 6 N–H and O–H groups in total. The highest BCUT2D eigenvalue weighted by atomic mass is 35.5. The van der Waals surface area contributed by atoms with Crippen LogP contribution in [0.4, 0.5) is 5.69 Å². The SMILES string of the molecule is CCOC(=O)c1cc2cc(NC(=N)N)cc(Cl)c2[nH]1.Cc1ccc(S(=O)(=O)O)cc1. The Morgan fingerprint density at radius 3 is 2.43 bits per heavy atom. The predicted octanol–water partition coefficient (Wildman–Crippen LogP) is 3.55. The van der Waals surface area contributed by atoms with Crippen LogP contribution in [0.25, 0.3) is 10.9 Å². The van der Waals surface area contributed by atoms with Crippen molar-refractivity contribution in [3.8, 4) is 0 Å². The number of ether oxygens (including phenoxy) is 1. The lowest BCUT2D eigenvalue weighted by molar-refractivity contribution is 0.0520. The number of hydrogen-bond donors (Lipinski definition) is 5. The number of nitrogens with two attached hydrogens (primary N) is 1. The smallest absolute Gasteiger partial charge is 0.354 e. The van der Waals surface area contributed by atoms with Gasteiger partial charge in [0.25, 0.3) is 10.1 Å². The number of fused-ring (bicyclic) bond motifs is 1. The number of carbonyl (C=O) groups is 1. The Morgan fingerprint density at radius 1 is 1.27 bits per heavy atom. The van der Waals surface area contributed by atoms with E-state index >= 15 is 0 Å².